The first kappa shape index (κ1) is 19.7. The molecule has 7 heteroatoms. The molecule has 0 bridgehead atoms. The summed E-state index contributed by atoms with van der Waals surface area (Å²) in [5.41, 5.74) is 0.852. The van der Waals surface area contributed by atoms with E-state index in [0.717, 1.165) is 24.8 Å². The SMILES string of the molecule is CCCCNC(=O)C1CCCN(S(=O)(=O)c2cc(C)ccc2OC)C1. The van der Waals surface area contributed by atoms with E-state index in [9.17, 15) is 13.2 Å². The van der Waals surface area contributed by atoms with Gasteiger partial charge in [0.05, 0.1) is 13.0 Å². The number of nitrogens with zero attached hydrogens (tertiary/aromatic N) is 1. The fraction of sp³-hybridized carbons (Fsp3) is 0.611. The maximum Gasteiger partial charge on any atom is 0.246 e. The highest BCUT2D eigenvalue weighted by atomic mass is 32.2. The Labute approximate surface area is 150 Å². The lowest BCUT2D eigenvalue weighted by molar-refractivity contribution is -0.126. The van der Waals surface area contributed by atoms with Crippen LogP contribution >= 0.6 is 0 Å². The van der Waals surface area contributed by atoms with Gasteiger partial charge in [-0.1, -0.05) is 19.4 Å². The van der Waals surface area contributed by atoms with Crippen molar-refractivity contribution in [2.45, 2.75) is 44.4 Å². The third-order valence-electron chi connectivity index (χ3n) is 4.52. The molecule has 0 aromatic heterocycles. The Hall–Kier alpha value is -1.60. The summed E-state index contributed by atoms with van der Waals surface area (Å²) in [6.07, 6.45) is 3.34. The minimum Gasteiger partial charge on any atom is -0.495 e. The molecule has 1 aliphatic rings. The van der Waals surface area contributed by atoms with Crippen molar-refractivity contribution < 1.29 is 17.9 Å². The van der Waals surface area contributed by atoms with Crippen LogP contribution in [0.25, 0.3) is 0 Å². The van der Waals surface area contributed by atoms with Crippen LogP contribution in [-0.2, 0) is 14.8 Å². The number of unbranched alkanes of at least 4 members (excludes halogenated alkanes) is 1. The summed E-state index contributed by atoms with van der Waals surface area (Å²) >= 11 is 0. The molecule has 1 aromatic carbocycles. The van der Waals surface area contributed by atoms with Gasteiger partial charge in [-0.05, 0) is 43.9 Å². The Morgan fingerprint density at radius 3 is 2.84 bits per heavy atom. The van der Waals surface area contributed by atoms with Gasteiger partial charge in [0.25, 0.3) is 0 Å². The van der Waals surface area contributed by atoms with Crippen LogP contribution in [0, 0.1) is 12.8 Å². The van der Waals surface area contributed by atoms with Crippen LogP contribution < -0.4 is 10.1 Å². The number of ether oxygens (including phenoxy) is 1. The average molecular weight is 368 g/mol. The Balaban J connectivity index is 2.17. The molecule has 2 rings (SSSR count). The average Bonchev–Trinajstić information content (AvgIpc) is 2.62. The number of piperidine rings is 1. The summed E-state index contributed by atoms with van der Waals surface area (Å²) in [4.78, 5) is 12.5. The second-order valence-electron chi connectivity index (χ2n) is 6.50. The van der Waals surface area contributed by atoms with Crippen LogP contribution in [0.3, 0.4) is 0 Å². The molecule has 1 heterocycles. The summed E-state index contributed by atoms with van der Waals surface area (Å²) < 4.78 is 32.8. The lowest BCUT2D eigenvalue weighted by Crippen LogP contribution is -2.45. The van der Waals surface area contributed by atoms with Gasteiger partial charge < -0.3 is 10.1 Å². The van der Waals surface area contributed by atoms with Crippen LogP contribution in [0.1, 0.15) is 38.2 Å². The van der Waals surface area contributed by atoms with Gasteiger partial charge in [0.2, 0.25) is 15.9 Å². The minimum atomic E-state index is -3.69. The number of aryl methyl sites for hydroxylation is 1. The van der Waals surface area contributed by atoms with E-state index in [1.165, 1.54) is 11.4 Å². The van der Waals surface area contributed by atoms with Crippen molar-refractivity contribution in [3.8, 4) is 5.75 Å². The largest absolute Gasteiger partial charge is 0.495 e. The van der Waals surface area contributed by atoms with Crippen molar-refractivity contribution in [2.24, 2.45) is 5.92 Å². The molecule has 25 heavy (non-hydrogen) atoms. The Bertz CT molecular complexity index is 703. The molecule has 0 saturated carbocycles. The number of carbonyl (C=O) groups is 1. The number of rotatable bonds is 7. The zero-order valence-electron chi connectivity index (χ0n) is 15.2. The third-order valence-corrected chi connectivity index (χ3v) is 6.41. The predicted octanol–water partition coefficient (Wildman–Crippen LogP) is 2.32. The Morgan fingerprint density at radius 1 is 1.40 bits per heavy atom. The zero-order chi connectivity index (χ0) is 18.4. The Kier molecular flexibility index (Phi) is 6.84. The molecular weight excluding hydrogens is 340 g/mol. The molecule has 1 unspecified atom stereocenters. The summed E-state index contributed by atoms with van der Waals surface area (Å²) in [6, 6.07) is 5.11. The topological polar surface area (TPSA) is 75.7 Å². The minimum absolute atomic E-state index is 0.0513. The molecule has 1 fully saturated rings. The maximum absolute atomic E-state index is 13.1. The van der Waals surface area contributed by atoms with Gasteiger partial charge in [-0.25, -0.2) is 8.42 Å². The standard InChI is InChI=1S/C18H28N2O4S/c1-4-5-10-19-18(21)15-7-6-11-20(13-15)25(22,23)17-12-14(2)8-9-16(17)24-3/h8-9,12,15H,4-7,10-11,13H2,1-3H3,(H,19,21). The highest BCUT2D eigenvalue weighted by Crippen LogP contribution is 2.30. The van der Waals surface area contributed by atoms with Gasteiger partial charge in [-0.2, -0.15) is 4.31 Å². The second kappa shape index (κ2) is 8.67. The van der Waals surface area contributed by atoms with E-state index < -0.39 is 10.0 Å². The molecule has 1 aromatic rings. The number of hydrogen-bond acceptors (Lipinski definition) is 4. The summed E-state index contributed by atoms with van der Waals surface area (Å²) in [7, 11) is -2.23. The van der Waals surface area contributed by atoms with Crippen molar-refractivity contribution >= 4 is 15.9 Å². The predicted molar refractivity (Wildman–Crippen MR) is 97.1 cm³/mol. The molecule has 140 valence electrons. The molecule has 0 radical (unpaired) electrons. The van der Waals surface area contributed by atoms with Crippen LogP contribution in [0.2, 0.25) is 0 Å². The monoisotopic (exact) mass is 368 g/mol. The quantitative estimate of drug-likeness (QED) is 0.750. The van der Waals surface area contributed by atoms with Gasteiger partial charge in [0, 0.05) is 19.6 Å². The van der Waals surface area contributed by atoms with Crippen LogP contribution in [0.15, 0.2) is 23.1 Å². The van der Waals surface area contributed by atoms with Crippen LogP contribution in [-0.4, -0.2) is 45.4 Å². The molecule has 1 N–H and O–H groups in total. The lowest BCUT2D eigenvalue weighted by atomic mass is 9.99. The highest BCUT2D eigenvalue weighted by molar-refractivity contribution is 7.89. The molecule has 1 saturated heterocycles. The van der Waals surface area contributed by atoms with E-state index in [2.05, 4.69) is 12.2 Å². The van der Waals surface area contributed by atoms with Gasteiger partial charge >= 0.3 is 0 Å². The highest BCUT2D eigenvalue weighted by Gasteiger charge is 2.34. The van der Waals surface area contributed by atoms with Gasteiger partial charge in [-0.3, -0.25) is 4.79 Å². The fourth-order valence-electron chi connectivity index (χ4n) is 3.03. The summed E-state index contributed by atoms with van der Waals surface area (Å²) in [5.74, 6) is -0.0131. The van der Waals surface area contributed by atoms with Gasteiger partial charge in [0.1, 0.15) is 10.6 Å². The zero-order valence-corrected chi connectivity index (χ0v) is 16.1. The van der Waals surface area contributed by atoms with Crippen LogP contribution in [0.5, 0.6) is 5.75 Å². The smallest absolute Gasteiger partial charge is 0.246 e. The fourth-order valence-corrected chi connectivity index (χ4v) is 4.80. The third kappa shape index (κ3) is 4.73. The lowest BCUT2D eigenvalue weighted by Gasteiger charge is -2.31. The van der Waals surface area contributed by atoms with Gasteiger partial charge in [0.15, 0.2) is 0 Å². The normalized spacial score (nSPS) is 18.8. The summed E-state index contributed by atoms with van der Waals surface area (Å²) in [5, 5.41) is 2.91. The van der Waals surface area contributed by atoms with Crippen LogP contribution in [0.4, 0.5) is 0 Å². The first-order valence-corrected chi connectivity index (χ1v) is 10.3. The van der Waals surface area contributed by atoms with Crippen molar-refractivity contribution in [2.75, 3.05) is 26.7 Å². The summed E-state index contributed by atoms with van der Waals surface area (Å²) in [6.45, 7) is 5.20. The number of amides is 1. The van der Waals surface area contributed by atoms with Crippen molar-refractivity contribution in [3.05, 3.63) is 23.8 Å². The van der Waals surface area contributed by atoms with Gasteiger partial charge in [-0.15, -0.1) is 0 Å². The maximum atomic E-state index is 13.1. The molecule has 1 atom stereocenters. The number of nitrogens with one attached hydrogen (secondary N) is 1. The molecular formula is C18H28N2O4S. The van der Waals surface area contributed by atoms with E-state index >= 15 is 0 Å². The molecule has 0 spiro atoms. The number of hydrogen-bond donors (Lipinski definition) is 1. The molecule has 1 amide bonds. The number of carbonyl (C=O) groups excluding carboxylic acids is 1. The number of benzene rings is 1. The second-order valence-corrected chi connectivity index (χ2v) is 8.41. The van der Waals surface area contributed by atoms with Crippen molar-refractivity contribution in [1.29, 1.82) is 0 Å². The van der Waals surface area contributed by atoms with Crippen molar-refractivity contribution in [1.82, 2.24) is 9.62 Å². The number of sulfonamides is 1. The van der Waals surface area contributed by atoms with Crippen molar-refractivity contribution in [3.63, 3.8) is 0 Å². The first-order valence-electron chi connectivity index (χ1n) is 8.82. The van der Waals surface area contributed by atoms with E-state index in [4.69, 9.17) is 4.74 Å². The number of methoxy groups -OCH3 is 1. The van der Waals surface area contributed by atoms with E-state index in [1.54, 1.807) is 12.1 Å². The Morgan fingerprint density at radius 2 is 2.16 bits per heavy atom. The first-order chi connectivity index (χ1) is 11.9. The molecule has 1 aliphatic heterocycles. The molecule has 0 aliphatic carbocycles. The van der Waals surface area contributed by atoms with E-state index in [0.29, 0.717) is 25.3 Å². The van der Waals surface area contributed by atoms with E-state index in [1.807, 2.05) is 13.0 Å². The van der Waals surface area contributed by atoms with E-state index in [-0.39, 0.29) is 23.3 Å². The molecule has 6 nitrogen and oxygen atoms in total.